The van der Waals surface area contributed by atoms with Gasteiger partial charge in [0.15, 0.2) is 12.3 Å². The van der Waals surface area contributed by atoms with Crippen molar-refractivity contribution in [3.05, 3.63) is 108 Å². The van der Waals surface area contributed by atoms with Gasteiger partial charge < -0.3 is 15.8 Å². The summed E-state index contributed by atoms with van der Waals surface area (Å²) in [5.74, 6) is -1.67. The van der Waals surface area contributed by atoms with Crippen LogP contribution in [-0.2, 0) is 11.2 Å². The lowest BCUT2D eigenvalue weighted by Crippen LogP contribution is -2.20. The van der Waals surface area contributed by atoms with Crippen molar-refractivity contribution in [2.45, 2.75) is 25.4 Å². The number of carbonyl (C=O) groups excluding carboxylic acids is 2. The van der Waals surface area contributed by atoms with Gasteiger partial charge in [0.05, 0.1) is 5.69 Å². The molecule has 0 radical (unpaired) electrons. The molecule has 0 aliphatic carbocycles. The number of nitrogens with one attached hydrogen (secondary N) is 1. The Labute approximate surface area is 243 Å². The second-order valence-electron chi connectivity index (χ2n) is 9.87. The number of carbonyl (C=O) groups is 2. The Kier molecular flexibility index (Phi) is 8.11. The minimum Gasteiger partial charge on any atom is -0.482 e. The molecule has 2 aromatic heterocycles. The van der Waals surface area contributed by atoms with Crippen LogP contribution in [0.3, 0.4) is 0 Å². The minimum atomic E-state index is -4.59. The summed E-state index contributed by atoms with van der Waals surface area (Å²) in [5.41, 5.74) is 9.08. The zero-order valence-corrected chi connectivity index (χ0v) is 22.7. The second-order valence-corrected chi connectivity index (χ2v) is 9.87. The Hall–Kier alpha value is -5.26. The summed E-state index contributed by atoms with van der Waals surface area (Å²) in [6.45, 7) is 0.235. The fourth-order valence-corrected chi connectivity index (χ4v) is 4.39. The first-order valence-electron chi connectivity index (χ1n) is 13.1. The van der Waals surface area contributed by atoms with E-state index in [9.17, 15) is 27.2 Å². The third kappa shape index (κ3) is 7.15. The molecule has 43 heavy (non-hydrogen) atoms. The van der Waals surface area contributed by atoms with Gasteiger partial charge in [-0.1, -0.05) is 43.3 Å². The predicted octanol–water partition coefficient (Wildman–Crippen LogP) is 6.23. The van der Waals surface area contributed by atoms with Crippen molar-refractivity contribution >= 4 is 29.0 Å². The highest BCUT2D eigenvalue weighted by molar-refractivity contribution is 5.94. The molecule has 5 rings (SSSR count). The zero-order valence-electron chi connectivity index (χ0n) is 22.7. The molecule has 1 atom stereocenters. The molecule has 0 spiro atoms. The van der Waals surface area contributed by atoms with Gasteiger partial charge in [0.1, 0.15) is 17.3 Å². The summed E-state index contributed by atoms with van der Waals surface area (Å²) >= 11 is 0. The Balaban J connectivity index is 1.30. The quantitative estimate of drug-likeness (QED) is 0.186. The molecule has 2 heterocycles. The highest BCUT2D eigenvalue weighted by Gasteiger charge is 2.29. The highest BCUT2D eigenvalue weighted by atomic mass is 19.4. The fourth-order valence-electron chi connectivity index (χ4n) is 4.39. The van der Waals surface area contributed by atoms with Gasteiger partial charge in [0.25, 0.3) is 0 Å². The number of alkyl halides is 3. The number of fused-ring (bicyclic) bond motifs is 1. The molecule has 3 aromatic carbocycles. The summed E-state index contributed by atoms with van der Waals surface area (Å²) in [4.78, 5) is 28.7. The van der Waals surface area contributed by atoms with Crippen LogP contribution >= 0.6 is 0 Å². The van der Waals surface area contributed by atoms with Crippen LogP contribution in [0.25, 0.3) is 16.8 Å². The van der Waals surface area contributed by atoms with Crippen molar-refractivity contribution in [2.75, 3.05) is 11.9 Å². The smallest absolute Gasteiger partial charge is 0.422 e. The lowest BCUT2D eigenvalue weighted by molar-refractivity contribution is -0.153. The lowest BCUT2D eigenvalue weighted by Gasteiger charge is -2.14. The maximum absolute atomic E-state index is 13.2. The monoisotopic (exact) mass is 591 g/mol. The SMILES string of the molecule is C[C@@H](C(=O)Cc1ccc(-c2ccc3nc(Nc4ccc(C(N)=O)cc4OCC(F)(F)F)nn3c2)cc1)c1ccc(F)cc1. The van der Waals surface area contributed by atoms with Gasteiger partial charge in [0, 0.05) is 29.7 Å². The van der Waals surface area contributed by atoms with Crippen LogP contribution in [-0.4, -0.2) is 39.1 Å². The first-order chi connectivity index (χ1) is 20.4. The number of halogens is 4. The molecule has 0 saturated carbocycles. The van der Waals surface area contributed by atoms with Gasteiger partial charge in [-0.05, 0) is 59.2 Å². The summed E-state index contributed by atoms with van der Waals surface area (Å²) in [5, 5.41) is 7.20. The maximum atomic E-state index is 13.2. The third-order valence-corrected chi connectivity index (χ3v) is 6.75. The Morgan fingerprint density at radius 2 is 1.67 bits per heavy atom. The normalized spacial score (nSPS) is 12.2. The lowest BCUT2D eigenvalue weighted by atomic mass is 9.92. The molecule has 12 heteroatoms. The Morgan fingerprint density at radius 1 is 0.977 bits per heavy atom. The number of primary amides is 1. The van der Waals surface area contributed by atoms with E-state index in [4.69, 9.17) is 10.5 Å². The van der Waals surface area contributed by atoms with Crippen LogP contribution in [0.4, 0.5) is 29.2 Å². The van der Waals surface area contributed by atoms with E-state index in [-0.39, 0.29) is 46.9 Å². The van der Waals surface area contributed by atoms with Crippen molar-refractivity contribution in [1.82, 2.24) is 14.6 Å². The van der Waals surface area contributed by atoms with Crippen LogP contribution in [0.1, 0.15) is 34.3 Å². The van der Waals surface area contributed by atoms with Crippen LogP contribution in [0, 0.1) is 5.82 Å². The number of hydrogen-bond acceptors (Lipinski definition) is 6. The van der Waals surface area contributed by atoms with E-state index in [0.29, 0.717) is 5.65 Å². The highest BCUT2D eigenvalue weighted by Crippen LogP contribution is 2.30. The van der Waals surface area contributed by atoms with Gasteiger partial charge in [-0.3, -0.25) is 9.59 Å². The zero-order chi connectivity index (χ0) is 30.7. The number of ether oxygens (including phenoxy) is 1. The first kappa shape index (κ1) is 29.2. The van der Waals surface area contributed by atoms with E-state index in [2.05, 4.69) is 15.4 Å². The summed E-state index contributed by atoms with van der Waals surface area (Å²) in [6, 6.07) is 20.8. The Bertz CT molecular complexity index is 1780. The van der Waals surface area contributed by atoms with Crippen LogP contribution in [0.2, 0.25) is 0 Å². The average molecular weight is 592 g/mol. The minimum absolute atomic E-state index is 0.0136. The van der Waals surface area contributed by atoms with E-state index >= 15 is 0 Å². The van der Waals surface area contributed by atoms with E-state index in [1.54, 1.807) is 31.3 Å². The molecule has 8 nitrogen and oxygen atoms in total. The van der Waals surface area contributed by atoms with Crippen molar-refractivity contribution in [1.29, 1.82) is 0 Å². The summed E-state index contributed by atoms with van der Waals surface area (Å²) in [6.07, 6.45) is -2.62. The molecule has 0 fully saturated rings. The van der Waals surface area contributed by atoms with Gasteiger partial charge in [-0.25, -0.2) is 8.91 Å². The van der Waals surface area contributed by atoms with Gasteiger partial charge in [0.2, 0.25) is 11.9 Å². The topological polar surface area (TPSA) is 112 Å². The molecule has 3 N–H and O–H groups in total. The number of ketones is 1. The predicted molar refractivity (Wildman–Crippen MR) is 152 cm³/mol. The number of nitrogens with zero attached hydrogens (tertiary/aromatic N) is 3. The standard InChI is InChI=1S/C31H25F4N5O3/c1-18(20-6-10-24(32)11-7-20)26(41)14-19-2-4-21(5-3-19)23-9-13-28-38-30(39-40(28)16-23)37-25-12-8-22(29(36)42)15-27(25)43-17-31(33,34)35/h2-13,15-16,18H,14,17H2,1H3,(H2,36,42)(H,37,39)/t18-/m1/s1. The number of pyridine rings is 1. The van der Waals surface area contributed by atoms with E-state index < -0.39 is 18.7 Å². The summed E-state index contributed by atoms with van der Waals surface area (Å²) < 4.78 is 57.9. The number of anilines is 2. The van der Waals surface area contributed by atoms with Gasteiger partial charge in [-0.2, -0.15) is 18.2 Å². The number of benzene rings is 3. The van der Waals surface area contributed by atoms with Gasteiger partial charge in [-0.15, -0.1) is 5.10 Å². The molecule has 220 valence electrons. The largest absolute Gasteiger partial charge is 0.482 e. The molecular formula is C31H25F4N5O3. The third-order valence-electron chi connectivity index (χ3n) is 6.75. The molecule has 1 amide bonds. The van der Waals surface area contributed by atoms with E-state index in [0.717, 1.165) is 28.3 Å². The molecular weight excluding hydrogens is 566 g/mol. The second kappa shape index (κ2) is 11.9. The number of hydrogen-bond donors (Lipinski definition) is 2. The molecule has 0 aliphatic rings. The number of amides is 1. The van der Waals surface area contributed by atoms with Gasteiger partial charge >= 0.3 is 6.18 Å². The average Bonchev–Trinajstić information content (AvgIpc) is 3.38. The van der Waals surface area contributed by atoms with E-state index in [1.807, 2.05) is 30.3 Å². The maximum Gasteiger partial charge on any atom is 0.422 e. The molecule has 5 aromatic rings. The fraction of sp³-hybridized carbons (Fsp3) is 0.161. The molecule has 0 aliphatic heterocycles. The number of aromatic nitrogens is 3. The van der Waals surface area contributed by atoms with Crippen molar-refractivity contribution in [3.8, 4) is 16.9 Å². The van der Waals surface area contributed by atoms with Crippen LogP contribution < -0.4 is 15.8 Å². The van der Waals surface area contributed by atoms with Crippen molar-refractivity contribution < 1.29 is 31.9 Å². The first-order valence-corrected chi connectivity index (χ1v) is 13.1. The molecule has 0 unspecified atom stereocenters. The van der Waals surface area contributed by atoms with Crippen molar-refractivity contribution in [2.24, 2.45) is 5.73 Å². The Morgan fingerprint density at radius 3 is 2.35 bits per heavy atom. The molecule has 0 bridgehead atoms. The van der Waals surface area contributed by atoms with Crippen LogP contribution in [0.15, 0.2) is 85.1 Å². The number of rotatable bonds is 10. The van der Waals surface area contributed by atoms with Crippen molar-refractivity contribution in [3.63, 3.8) is 0 Å². The number of nitrogens with two attached hydrogens (primary N) is 1. The van der Waals surface area contributed by atoms with E-state index in [1.165, 1.54) is 28.8 Å². The molecule has 0 saturated heterocycles. The van der Waals surface area contributed by atoms with Crippen LogP contribution in [0.5, 0.6) is 5.75 Å². The summed E-state index contributed by atoms with van der Waals surface area (Å²) in [7, 11) is 0. The number of Topliss-reactive ketones (excluding diaryl/α,β-unsaturated/α-hetero) is 1.